The smallest absolute Gasteiger partial charge is 0.192 e. The Balaban J connectivity index is 2.45. The van der Waals surface area contributed by atoms with E-state index in [0.717, 1.165) is 12.8 Å². The van der Waals surface area contributed by atoms with Crippen molar-refractivity contribution in [1.82, 2.24) is 0 Å². The molecule has 0 fully saturated rings. The topological polar surface area (TPSA) is 9.23 Å². The molecule has 1 nitrogen and oxygen atoms in total. The third-order valence-electron chi connectivity index (χ3n) is 3.98. The van der Waals surface area contributed by atoms with Crippen molar-refractivity contribution in [2.75, 3.05) is 0 Å². The van der Waals surface area contributed by atoms with Crippen LogP contribution in [0, 0.1) is 0 Å². The van der Waals surface area contributed by atoms with Crippen molar-refractivity contribution in [3.05, 3.63) is 35.9 Å². The maximum absolute atomic E-state index is 6.36. The highest BCUT2D eigenvalue weighted by Gasteiger charge is 2.38. The lowest BCUT2D eigenvalue weighted by Gasteiger charge is -2.38. The van der Waals surface area contributed by atoms with Gasteiger partial charge in [-0.3, -0.25) is 0 Å². The lowest BCUT2D eigenvalue weighted by Crippen LogP contribution is -2.43. The average molecular weight is 264 g/mol. The molecule has 2 heteroatoms. The summed E-state index contributed by atoms with van der Waals surface area (Å²) in [6, 6.07) is 10.7. The summed E-state index contributed by atoms with van der Waals surface area (Å²) in [6.45, 7) is 13.7. The summed E-state index contributed by atoms with van der Waals surface area (Å²) in [5, 5.41) is 0.300. The van der Waals surface area contributed by atoms with E-state index in [-0.39, 0.29) is 0 Å². The standard InChI is InChI=1S/C16H28OSi/c1-14(17-18(5,6)16(2,3)4)12-13-15-10-8-7-9-11-15/h7-11,14H,12-13H2,1-6H3. The van der Waals surface area contributed by atoms with Gasteiger partial charge in [0.15, 0.2) is 8.32 Å². The minimum atomic E-state index is -1.61. The number of aryl methyl sites for hydroxylation is 1. The average Bonchev–Trinajstić information content (AvgIpc) is 2.26. The number of hydrogen-bond donors (Lipinski definition) is 0. The molecule has 1 aromatic rings. The Morgan fingerprint density at radius 3 is 2.17 bits per heavy atom. The van der Waals surface area contributed by atoms with E-state index in [0.29, 0.717) is 11.1 Å². The molecule has 102 valence electrons. The first kappa shape index (κ1) is 15.5. The zero-order valence-corrected chi connectivity index (χ0v) is 13.8. The van der Waals surface area contributed by atoms with E-state index >= 15 is 0 Å². The van der Waals surface area contributed by atoms with E-state index in [2.05, 4.69) is 71.1 Å². The highest BCUT2D eigenvalue weighted by molar-refractivity contribution is 6.74. The molecule has 0 aliphatic rings. The molecule has 0 radical (unpaired) electrons. The van der Waals surface area contributed by atoms with Crippen molar-refractivity contribution >= 4 is 8.32 Å². The van der Waals surface area contributed by atoms with Crippen molar-refractivity contribution < 1.29 is 4.43 Å². The maximum Gasteiger partial charge on any atom is 0.192 e. The summed E-state index contributed by atoms with van der Waals surface area (Å²) in [5.41, 5.74) is 1.41. The predicted molar refractivity (Wildman–Crippen MR) is 82.5 cm³/mol. The van der Waals surface area contributed by atoms with E-state index in [1.807, 2.05) is 0 Å². The maximum atomic E-state index is 6.36. The van der Waals surface area contributed by atoms with Crippen LogP contribution in [0.25, 0.3) is 0 Å². The quantitative estimate of drug-likeness (QED) is 0.678. The molecule has 1 atom stereocenters. The van der Waals surface area contributed by atoms with Gasteiger partial charge in [0.25, 0.3) is 0 Å². The van der Waals surface area contributed by atoms with Crippen LogP contribution in [-0.2, 0) is 10.8 Å². The van der Waals surface area contributed by atoms with Gasteiger partial charge in [-0.25, -0.2) is 0 Å². The molecule has 0 saturated heterocycles. The van der Waals surface area contributed by atoms with Crippen LogP contribution in [0.4, 0.5) is 0 Å². The number of hydrogen-bond acceptors (Lipinski definition) is 1. The van der Waals surface area contributed by atoms with Crippen molar-refractivity contribution in [2.24, 2.45) is 0 Å². The van der Waals surface area contributed by atoms with Crippen LogP contribution in [0.5, 0.6) is 0 Å². The van der Waals surface area contributed by atoms with Crippen LogP contribution >= 0.6 is 0 Å². The molecule has 0 amide bonds. The lowest BCUT2D eigenvalue weighted by atomic mass is 10.1. The molecule has 1 aromatic carbocycles. The van der Waals surface area contributed by atoms with Crippen molar-refractivity contribution in [3.63, 3.8) is 0 Å². The summed E-state index contributed by atoms with van der Waals surface area (Å²) in [5.74, 6) is 0. The molecule has 0 aliphatic heterocycles. The SMILES string of the molecule is CC(CCc1ccccc1)O[Si](C)(C)C(C)(C)C. The van der Waals surface area contributed by atoms with Gasteiger partial charge < -0.3 is 4.43 Å². The molecular formula is C16H28OSi. The predicted octanol–water partition coefficient (Wildman–Crippen LogP) is 5.03. The first-order valence-corrected chi connectivity index (χ1v) is 9.85. The summed E-state index contributed by atoms with van der Waals surface area (Å²) in [4.78, 5) is 0. The van der Waals surface area contributed by atoms with Gasteiger partial charge >= 0.3 is 0 Å². The van der Waals surface area contributed by atoms with E-state index < -0.39 is 8.32 Å². The Hall–Kier alpha value is -0.603. The Kier molecular flexibility index (Phi) is 5.17. The lowest BCUT2D eigenvalue weighted by molar-refractivity contribution is 0.189. The zero-order valence-electron chi connectivity index (χ0n) is 12.8. The van der Waals surface area contributed by atoms with Crippen LogP contribution in [0.2, 0.25) is 18.1 Å². The van der Waals surface area contributed by atoms with E-state index in [1.165, 1.54) is 5.56 Å². The van der Waals surface area contributed by atoms with Gasteiger partial charge in [-0.1, -0.05) is 51.1 Å². The van der Waals surface area contributed by atoms with Gasteiger partial charge in [0, 0.05) is 6.10 Å². The van der Waals surface area contributed by atoms with Crippen molar-refractivity contribution in [2.45, 2.75) is 64.8 Å². The van der Waals surface area contributed by atoms with Crippen LogP contribution in [0.15, 0.2) is 30.3 Å². The minimum Gasteiger partial charge on any atom is -0.414 e. The molecule has 0 saturated carbocycles. The fourth-order valence-corrected chi connectivity index (χ4v) is 3.23. The molecule has 0 bridgehead atoms. The Bertz CT molecular complexity index is 351. The van der Waals surface area contributed by atoms with Gasteiger partial charge in [0.1, 0.15) is 0 Å². The van der Waals surface area contributed by atoms with Gasteiger partial charge in [0.2, 0.25) is 0 Å². The molecule has 0 heterocycles. The van der Waals surface area contributed by atoms with Crippen LogP contribution in [0.3, 0.4) is 0 Å². The molecule has 0 aromatic heterocycles. The van der Waals surface area contributed by atoms with Crippen molar-refractivity contribution in [3.8, 4) is 0 Å². The Morgan fingerprint density at radius 1 is 1.11 bits per heavy atom. The summed E-state index contributed by atoms with van der Waals surface area (Å²) in [6.07, 6.45) is 2.57. The number of benzene rings is 1. The first-order valence-electron chi connectivity index (χ1n) is 6.94. The molecule has 0 N–H and O–H groups in total. The van der Waals surface area contributed by atoms with Crippen LogP contribution in [-0.4, -0.2) is 14.4 Å². The van der Waals surface area contributed by atoms with Gasteiger partial charge in [-0.2, -0.15) is 0 Å². The monoisotopic (exact) mass is 264 g/mol. The highest BCUT2D eigenvalue weighted by Crippen LogP contribution is 2.37. The second-order valence-corrected chi connectivity index (χ2v) is 11.5. The van der Waals surface area contributed by atoms with Gasteiger partial charge in [0.05, 0.1) is 0 Å². The summed E-state index contributed by atoms with van der Waals surface area (Å²) in [7, 11) is -1.61. The normalized spacial score (nSPS) is 14.6. The zero-order chi connectivity index (χ0) is 13.8. The van der Waals surface area contributed by atoms with Crippen molar-refractivity contribution in [1.29, 1.82) is 0 Å². The summed E-state index contributed by atoms with van der Waals surface area (Å²) >= 11 is 0. The minimum absolute atomic E-state index is 0.300. The summed E-state index contributed by atoms with van der Waals surface area (Å²) < 4.78 is 6.36. The second-order valence-electron chi connectivity index (χ2n) is 6.71. The van der Waals surface area contributed by atoms with E-state index in [4.69, 9.17) is 4.43 Å². The molecular weight excluding hydrogens is 236 g/mol. The molecule has 18 heavy (non-hydrogen) atoms. The molecule has 0 aliphatic carbocycles. The molecule has 0 spiro atoms. The fraction of sp³-hybridized carbons (Fsp3) is 0.625. The van der Waals surface area contributed by atoms with Crippen LogP contribution < -0.4 is 0 Å². The molecule has 1 unspecified atom stereocenters. The van der Waals surface area contributed by atoms with E-state index in [1.54, 1.807) is 0 Å². The van der Waals surface area contributed by atoms with E-state index in [9.17, 15) is 0 Å². The highest BCUT2D eigenvalue weighted by atomic mass is 28.4. The molecule has 1 rings (SSSR count). The van der Waals surface area contributed by atoms with Crippen LogP contribution in [0.1, 0.15) is 39.7 Å². The first-order chi connectivity index (χ1) is 8.22. The number of rotatable bonds is 5. The second kappa shape index (κ2) is 6.03. The Labute approximate surface area is 114 Å². The third-order valence-corrected chi connectivity index (χ3v) is 8.59. The third kappa shape index (κ3) is 4.58. The fourth-order valence-electron chi connectivity index (χ4n) is 1.75. The van der Waals surface area contributed by atoms with Gasteiger partial charge in [-0.05, 0) is 43.5 Å². The van der Waals surface area contributed by atoms with Gasteiger partial charge in [-0.15, -0.1) is 0 Å². The largest absolute Gasteiger partial charge is 0.414 e. The Morgan fingerprint density at radius 2 is 1.67 bits per heavy atom.